The second-order valence-electron chi connectivity index (χ2n) is 9.79. The maximum atomic E-state index is 13.1. The number of carbonyl (C=O) groups is 3. The van der Waals surface area contributed by atoms with Gasteiger partial charge in [-0.15, -0.1) is 0 Å². The van der Waals surface area contributed by atoms with Crippen LogP contribution in [0.4, 0.5) is 10.7 Å². The van der Waals surface area contributed by atoms with Crippen molar-refractivity contribution in [2.45, 2.75) is 50.5 Å². The van der Waals surface area contributed by atoms with Gasteiger partial charge in [0.15, 0.2) is 0 Å². The number of rotatable bonds is 7. The molecule has 1 aromatic heterocycles. The zero-order valence-corrected chi connectivity index (χ0v) is 22.0. The maximum Gasteiger partial charge on any atom is 0.410 e. The van der Waals surface area contributed by atoms with Gasteiger partial charge in [0.05, 0.1) is 24.8 Å². The SMILES string of the molecule is CN(C)C(=O)C(=O)N[C@H]1CCCN(C(=O)OCc2ccccc2)[C@H]1COC1CCN(c2ncccn2)CC1. The fraction of sp³-hybridized carbons (Fsp3) is 0.519. The van der Waals surface area contributed by atoms with Crippen LogP contribution in [0, 0.1) is 0 Å². The molecular weight excluding hydrogens is 488 g/mol. The minimum atomic E-state index is -0.694. The highest BCUT2D eigenvalue weighted by Gasteiger charge is 2.38. The molecule has 1 N–H and O–H groups in total. The van der Waals surface area contributed by atoms with Gasteiger partial charge in [-0.05, 0) is 37.3 Å². The normalized spacial score (nSPS) is 20.1. The number of nitrogens with zero attached hydrogens (tertiary/aromatic N) is 5. The van der Waals surface area contributed by atoms with Crippen molar-refractivity contribution in [3.63, 3.8) is 0 Å². The summed E-state index contributed by atoms with van der Waals surface area (Å²) in [5.74, 6) is -0.622. The number of nitrogens with one attached hydrogen (secondary N) is 1. The summed E-state index contributed by atoms with van der Waals surface area (Å²) in [5, 5.41) is 2.84. The molecule has 0 unspecified atom stereocenters. The van der Waals surface area contributed by atoms with Crippen molar-refractivity contribution >= 4 is 23.9 Å². The molecule has 2 saturated heterocycles. The minimum Gasteiger partial charge on any atom is -0.445 e. The van der Waals surface area contributed by atoms with Crippen molar-refractivity contribution in [3.05, 3.63) is 54.4 Å². The first kappa shape index (κ1) is 27.3. The van der Waals surface area contributed by atoms with E-state index in [1.165, 1.54) is 19.0 Å². The summed E-state index contributed by atoms with van der Waals surface area (Å²) < 4.78 is 11.9. The molecule has 3 amide bonds. The van der Waals surface area contributed by atoms with E-state index in [4.69, 9.17) is 9.47 Å². The number of aromatic nitrogens is 2. The molecule has 3 heterocycles. The van der Waals surface area contributed by atoms with E-state index in [0.29, 0.717) is 25.3 Å². The van der Waals surface area contributed by atoms with Crippen LogP contribution < -0.4 is 10.2 Å². The van der Waals surface area contributed by atoms with E-state index in [2.05, 4.69) is 20.2 Å². The Morgan fingerprint density at radius 1 is 1.00 bits per heavy atom. The molecule has 2 aromatic rings. The average Bonchev–Trinajstić information content (AvgIpc) is 2.96. The fourth-order valence-corrected chi connectivity index (χ4v) is 4.81. The predicted molar refractivity (Wildman–Crippen MR) is 140 cm³/mol. The molecule has 2 aliphatic heterocycles. The third-order valence-corrected chi connectivity index (χ3v) is 6.92. The van der Waals surface area contributed by atoms with Gasteiger partial charge in [-0.25, -0.2) is 14.8 Å². The molecule has 38 heavy (non-hydrogen) atoms. The second kappa shape index (κ2) is 13.2. The highest BCUT2D eigenvalue weighted by Crippen LogP contribution is 2.23. The van der Waals surface area contributed by atoms with Crippen molar-refractivity contribution < 1.29 is 23.9 Å². The van der Waals surface area contributed by atoms with Crippen molar-refractivity contribution in [1.29, 1.82) is 0 Å². The standard InChI is InChI=1S/C27H36N6O5/c1-31(2)25(35)24(34)30-22-10-6-15-33(27(36)38-18-20-8-4-3-5-9-20)23(22)19-37-21-11-16-32(17-12-21)26-28-13-7-14-29-26/h3-5,7-9,13-14,21-23H,6,10-12,15-19H2,1-2H3,(H,30,34)/t22-,23-/m0/s1. The fourth-order valence-electron chi connectivity index (χ4n) is 4.81. The Bertz CT molecular complexity index is 1060. The van der Waals surface area contributed by atoms with Crippen LogP contribution in [-0.2, 0) is 25.7 Å². The minimum absolute atomic E-state index is 0.00108. The largest absolute Gasteiger partial charge is 0.445 e. The number of likely N-dealkylation sites (N-methyl/N-ethyl adjacent to an activating group) is 1. The molecule has 11 heteroatoms. The molecule has 1 aromatic carbocycles. The monoisotopic (exact) mass is 524 g/mol. The van der Waals surface area contributed by atoms with Crippen molar-refractivity contribution in [1.82, 2.24) is 25.1 Å². The lowest BCUT2D eigenvalue weighted by Gasteiger charge is -2.41. The number of anilines is 1. The zero-order chi connectivity index (χ0) is 26.9. The molecule has 11 nitrogen and oxygen atoms in total. The molecule has 0 saturated carbocycles. The Morgan fingerprint density at radius 3 is 2.39 bits per heavy atom. The lowest BCUT2D eigenvalue weighted by Crippen LogP contribution is -2.60. The van der Waals surface area contributed by atoms with Gasteiger partial charge < -0.3 is 29.5 Å². The summed E-state index contributed by atoms with van der Waals surface area (Å²) in [7, 11) is 3.06. The molecule has 0 spiro atoms. The number of carbonyl (C=O) groups excluding carboxylic acids is 3. The summed E-state index contributed by atoms with van der Waals surface area (Å²) in [4.78, 5) is 51.6. The van der Waals surface area contributed by atoms with E-state index in [-0.39, 0.29) is 19.3 Å². The van der Waals surface area contributed by atoms with Gasteiger partial charge >= 0.3 is 17.9 Å². The lowest BCUT2D eigenvalue weighted by atomic mass is 9.96. The summed E-state index contributed by atoms with van der Waals surface area (Å²) in [5.41, 5.74) is 0.890. The molecule has 2 fully saturated rings. The molecule has 204 valence electrons. The molecule has 4 rings (SSSR count). The van der Waals surface area contributed by atoms with Gasteiger partial charge in [-0.3, -0.25) is 9.59 Å². The van der Waals surface area contributed by atoms with Crippen LogP contribution in [0.15, 0.2) is 48.8 Å². The van der Waals surface area contributed by atoms with E-state index in [9.17, 15) is 14.4 Å². The van der Waals surface area contributed by atoms with Crippen LogP contribution in [-0.4, -0.2) is 96.2 Å². The van der Waals surface area contributed by atoms with Gasteiger partial charge in [0.1, 0.15) is 6.61 Å². The summed E-state index contributed by atoms with van der Waals surface area (Å²) in [6.45, 7) is 2.40. The van der Waals surface area contributed by atoms with E-state index in [0.717, 1.165) is 31.5 Å². The Morgan fingerprint density at radius 2 is 1.71 bits per heavy atom. The Labute approximate surface area is 223 Å². The van der Waals surface area contributed by atoms with Crippen LogP contribution in [0.1, 0.15) is 31.2 Å². The van der Waals surface area contributed by atoms with E-state index < -0.39 is 30.0 Å². The maximum absolute atomic E-state index is 13.1. The van der Waals surface area contributed by atoms with Crippen LogP contribution in [0.2, 0.25) is 0 Å². The zero-order valence-electron chi connectivity index (χ0n) is 22.0. The highest BCUT2D eigenvalue weighted by molar-refractivity contribution is 6.34. The smallest absolute Gasteiger partial charge is 0.410 e. The summed E-state index contributed by atoms with van der Waals surface area (Å²) in [6, 6.07) is 10.4. The Balaban J connectivity index is 1.39. The number of piperidine rings is 2. The van der Waals surface area contributed by atoms with Gasteiger partial charge in [-0.1, -0.05) is 30.3 Å². The number of benzene rings is 1. The molecule has 0 aliphatic carbocycles. The highest BCUT2D eigenvalue weighted by atomic mass is 16.6. The second-order valence-corrected chi connectivity index (χ2v) is 9.79. The van der Waals surface area contributed by atoms with Gasteiger partial charge in [0, 0.05) is 46.1 Å². The van der Waals surface area contributed by atoms with Gasteiger partial charge in [-0.2, -0.15) is 0 Å². The molecule has 0 bridgehead atoms. The number of likely N-dealkylation sites (tertiary alicyclic amines) is 1. The van der Waals surface area contributed by atoms with E-state index in [1.54, 1.807) is 23.4 Å². The number of hydrogen-bond donors (Lipinski definition) is 1. The number of amides is 3. The lowest BCUT2D eigenvalue weighted by molar-refractivity contribution is -0.145. The van der Waals surface area contributed by atoms with Gasteiger partial charge in [0.25, 0.3) is 0 Å². The molecule has 2 aliphatic rings. The summed E-state index contributed by atoms with van der Waals surface area (Å²) >= 11 is 0. The third-order valence-electron chi connectivity index (χ3n) is 6.92. The third kappa shape index (κ3) is 7.18. The number of hydrogen-bond acceptors (Lipinski definition) is 8. The van der Waals surface area contributed by atoms with E-state index >= 15 is 0 Å². The van der Waals surface area contributed by atoms with Crippen LogP contribution in [0.5, 0.6) is 0 Å². The van der Waals surface area contributed by atoms with Crippen molar-refractivity contribution in [2.24, 2.45) is 0 Å². The van der Waals surface area contributed by atoms with Crippen LogP contribution in [0.25, 0.3) is 0 Å². The quantitative estimate of drug-likeness (QED) is 0.546. The van der Waals surface area contributed by atoms with Crippen molar-refractivity contribution in [3.8, 4) is 0 Å². The molecule has 2 atom stereocenters. The van der Waals surface area contributed by atoms with Crippen LogP contribution >= 0.6 is 0 Å². The Hall–Kier alpha value is -3.73. The van der Waals surface area contributed by atoms with Gasteiger partial charge in [0.2, 0.25) is 5.95 Å². The van der Waals surface area contributed by atoms with Crippen molar-refractivity contribution in [2.75, 3.05) is 45.2 Å². The first-order valence-electron chi connectivity index (χ1n) is 13.1. The summed E-state index contributed by atoms with van der Waals surface area (Å²) in [6.07, 6.45) is 5.89. The first-order chi connectivity index (χ1) is 18.4. The number of ether oxygens (including phenoxy) is 2. The first-order valence-corrected chi connectivity index (χ1v) is 13.1. The predicted octanol–water partition coefficient (Wildman–Crippen LogP) is 1.84. The average molecular weight is 525 g/mol. The Kier molecular flexibility index (Phi) is 9.47. The topological polar surface area (TPSA) is 117 Å². The van der Waals surface area contributed by atoms with E-state index in [1.807, 2.05) is 30.3 Å². The van der Waals surface area contributed by atoms with Crippen LogP contribution in [0.3, 0.4) is 0 Å². The molecule has 0 radical (unpaired) electrons. The molecular formula is C27H36N6O5.